The average molecular weight is 433 g/mol. The molecule has 0 radical (unpaired) electrons. The van der Waals surface area contributed by atoms with Crippen molar-refractivity contribution < 1.29 is 19.4 Å². The molecule has 0 amide bonds. The van der Waals surface area contributed by atoms with Crippen LogP contribution in [0.4, 0.5) is 0 Å². The van der Waals surface area contributed by atoms with E-state index in [-0.39, 0.29) is 0 Å². The quantitative estimate of drug-likeness (QED) is 0.476. The minimum absolute atomic E-state index is 0.377. The molecule has 0 bridgehead atoms. The monoisotopic (exact) mass is 432 g/mol. The zero-order chi connectivity index (χ0) is 23.1. The third-order valence-corrected chi connectivity index (χ3v) is 6.01. The van der Waals surface area contributed by atoms with Crippen molar-refractivity contribution >= 4 is 11.5 Å². The van der Waals surface area contributed by atoms with Gasteiger partial charge < -0.3 is 14.6 Å². The predicted octanol–water partition coefficient (Wildman–Crippen LogP) is 6.76. The molecule has 0 aliphatic heterocycles. The number of benzene rings is 2. The van der Waals surface area contributed by atoms with Gasteiger partial charge in [0.2, 0.25) is 5.60 Å². The molecule has 1 N–H and O–H groups in total. The van der Waals surface area contributed by atoms with Gasteiger partial charge in [0, 0.05) is 0 Å². The SMILES string of the molecule is CC[C@](C)(Oc1ccc(OC/C=C(\C)C2=CC=C(c3ccc(C)cc3)CC2)cc1)C(=O)O. The van der Waals surface area contributed by atoms with Crippen molar-refractivity contribution in [1.29, 1.82) is 0 Å². The number of carboxylic acids is 1. The van der Waals surface area contributed by atoms with Gasteiger partial charge in [-0.2, -0.15) is 0 Å². The highest BCUT2D eigenvalue weighted by Gasteiger charge is 2.33. The van der Waals surface area contributed by atoms with Crippen LogP contribution in [0, 0.1) is 6.92 Å². The highest BCUT2D eigenvalue weighted by Crippen LogP contribution is 2.30. The zero-order valence-electron chi connectivity index (χ0n) is 19.4. The third-order valence-electron chi connectivity index (χ3n) is 6.01. The van der Waals surface area contributed by atoms with Crippen LogP contribution in [0.5, 0.6) is 11.5 Å². The Morgan fingerprint density at radius 3 is 2.25 bits per heavy atom. The highest BCUT2D eigenvalue weighted by molar-refractivity contribution is 5.77. The highest BCUT2D eigenvalue weighted by atomic mass is 16.5. The van der Waals surface area contributed by atoms with Gasteiger partial charge in [-0.3, -0.25) is 0 Å². The molecule has 0 fully saturated rings. The Kier molecular flexibility index (Phi) is 7.57. The van der Waals surface area contributed by atoms with Crippen LogP contribution in [0.2, 0.25) is 0 Å². The van der Waals surface area contributed by atoms with Crippen LogP contribution in [0.1, 0.15) is 51.2 Å². The zero-order valence-corrected chi connectivity index (χ0v) is 19.4. The Morgan fingerprint density at radius 2 is 1.69 bits per heavy atom. The molecule has 3 rings (SSSR count). The van der Waals surface area contributed by atoms with Gasteiger partial charge in [0.05, 0.1) is 0 Å². The average Bonchev–Trinajstić information content (AvgIpc) is 2.80. The van der Waals surface area contributed by atoms with Crippen LogP contribution >= 0.6 is 0 Å². The molecule has 32 heavy (non-hydrogen) atoms. The smallest absolute Gasteiger partial charge is 0.347 e. The molecule has 0 heterocycles. The molecule has 2 aromatic carbocycles. The van der Waals surface area contributed by atoms with Crippen molar-refractivity contribution in [2.75, 3.05) is 6.61 Å². The molecule has 4 heteroatoms. The first kappa shape index (κ1) is 23.4. The van der Waals surface area contributed by atoms with Gasteiger partial charge in [-0.05, 0) is 92.7 Å². The van der Waals surface area contributed by atoms with Crippen molar-refractivity contribution in [2.24, 2.45) is 0 Å². The van der Waals surface area contributed by atoms with Crippen LogP contribution < -0.4 is 9.47 Å². The van der Waals surface area contributed by atoms with E-state index in [2.05, 4.69) is 56.3 Å². The number of rotatable bonds is 9. The van der Waals surface area contributed by atoms with E-state index >= 15 is 0 Å². The largest absolute Gasteiger partial charge is 0.490 e. The molecule has 0 saturated heterocycles. The molecular weight excluding hydrogens is 400 g/mol. The van der Waals surface area contributed by atoms with Crippen molar-refractivity contribution in [2.45, 2.75) is 52.6 Å². The lowest BCUT2D eigenvalue weighted by atomic mass is 9.90. The summed E-state index contributed by atoms with van der Waals surface area (Å²) < 4.78 is 11.5. The van der Waals surface area contributed by atoms with E-state index in [0.717, 1.165) is 12.8 Å². The number of carbonyl (C=O) groups is 1. The first-order valence-electron chi connectivity index (χ1n) is 11.1. The van der Waals surface area contributed by atoms with Gasteiger partial charge in [0.1, 0.15) is 18.1 Å². The van der Waals surface area contributed by atoms with Gasteiger partial charge in [0.25, 0.3) is 0 Å². The summed E-state index contributed by atoms with van der Waals surface area (Å²) in [6.45, 7) is 8.07. The van der Waals surface area contributed by atoms with Crippen LogP contribution in [-0.4, -0.2) is 23.3 Å². The first-order valence-corrected chi connectivity index (χ1v) is 11.1. The minimum atomic E-state index is -1.23. The van der Waals surface area contributed by atoms with Crippen LogP contribution in [0.25, 0.3) is 5.57 Å². The number of carboxylic acid groups (broad SMARTS) is 1. The van der Waals surface area contributed by atoms with Crippen LogP contribution in [-0.2, 0) is 4.79 Å². The van der Waals surface area contributed by atoms with E-state index in [0.29, 0.717) is 24.5 Å². The van der Waals surface area contributed by atoms with Gasteiger partial charge in [-0.25, -0.2) is 4.79 Å². The van der Waals surface area contributed by atoms with Gasteiger partial charge in [-0.15, -0.1) is 0 Å². The molecule has 1 aliphatic carbocycles. The molecule has 0 aromatic heterocycles. The van der Waals surface area contributed by atoms with Gasteiger partial charge in [-0.1, -0.05) is 48.9 Å². The van der Waals surface area contributed by atoms with E-state index in [1.807, 2.05) is 0 Å². The Labute approximate surface area is 190 Å². The van der Waals surface area contributed by atoms with Gasteiger partial charge >= 0.3 is 5.97 Å². The fourth-order valence-electron chi connectivity index (χ4n) is 3.50. The maximum Gasteiger partial charge on any atom is 0.347 e. The summed E-state index contributed by atoms with van der Waals surface area (Å²) >= 11 is 0. The van der Waals surface area contributed by atoms with Crippen molar-refractivity contribution in [3.8, 4) is 11.5 Å². The maximum atomic E-state index is 11.4. The maximum absolute atomic E-state index is 11.4. The summed E-state index contributed by atoms with van der Waals surface area (Å²) in [6.07, 6.45) is 8.97. The van der Waals surface area contributed by atoms with E-state index in [4.69, 9.17) is 9.47 Å². The second kappa shape index (κ2) is 10.4. The van der Waals surface area contributed by atoms with Gasteiger partial charge in [0.15, 0.2) is 0 Å². The number of aryl methyl sites for hydroxylation is 1. The van der Waals surface area contributed by atoms with Crippen LogP contribution in [0.15, 0.2) is 77.9 Å². The molecule has 0 spiro atoms. The van der Waals surface area contributed by atoms with Crippen molar-refractivity contribution in [3.63, 3.8) is 0 Å². The molecule has 2 aromatic rings. The standard InChI is InChI=1S/C28H32O4/c1-5-28(4,27(29)30)32-26-16-14-25(15-17-26)31-19-18-21(3)22-10-12-24(13-11-22)23-8-6-20(2)7-9-23/h6-10,12,14-18H,5,11,13,19H2,1-4H3,(H,29,30)/b21-18+/t28-/m0/s1. The molecule has 4 nitrogen and oxygen atoms in total. The lowest BCUT2D eigenvalue weighted by Gasteiger charge is -2.24. The number of aliphatic carboxylic acids is 1. The van der Waals surface area contributed by atoms with E-state index in [9.17, 15) is 9.90 Å². The summed E-state index contributed by atoms with van der Waals surface area (Å²) in [5.41, 5.74) is 5.28. The molecule has 168 valence electrons. The van der Waals surface area contributed by atoms with Crippen LogP contribution in [0.3, 0.4) is 0 Å². The minimum Gasteiger partial charge on any atom is -0.490 e. The third kappa shape index (κ3) is 5.91. The first-order chi connectivity index (χ1) is 15.3. The second-order valence-electron chi connectivity index (χ2n) is 8.41. The normalized spacial score (nSPS) is 15.9. The summed E-state index contributed by atoms with van der Waals surface area (Å²) in [6, 6.07) is 15.8. The number of ether oxygens (including phenoxy) is 2. The number of hydrogen-bond donors (Lipinski definition) is 1. The summed E-state index contributed by atoms with van der Waals surface area (Å²) in [7, 11) is 0. The lowest BCUT2D eigenvalue weighted by molar-refractivity contribution is -0.154. The van der Waals surface area contributed by atoms with E-state index in [1.54, 1.807) is 38.1 Å². The number of hydrogen-bond acceptors (Lipinski definition) is 3. The second-order valence-corrected chi connectivity index (χ2v) is 8.41. The summed E-state index contributed by atoms with van der Waals surface area (Å²) in [5, 5.41) is 9.34. The lowest BCUT2D eigenvalue weighted by Crippen LogP contribution is -2.40. The van der Waals surface area contributed by atoms with Crippen molar-refractivity contribution in [3.05, 3.63) is 89.0 Å². The van der Waals surface area contributed by atoms with E-state index in [1.165, 1.54) is 27.8 Å². The topological polar surface area (TPSA) is 55.8 Å². The molecule has 0 unspecified atom stereocenters. The fraction of sp³-hybridized carbons (Fsp3) is 0.321. The Balaban J connectivity index is 1.55. The Bertz CT molecular complexity index is 1030. The summed E-state index contributed by atoms with van der Waals surface area (Å²) in [4.78, 5) is 11.4. The molecular formula is C28H32O4. The van der Waals surface area contributed by atoms with E-state index < -0.39 is 11.6 Å². The molecule has 1 atom stereocenters. The Morgan fingerprint density at radius 1 is 1.03 bits per heavy atom. The molecule has 1 aliphatic rings. The molecule has 0 saturated carbocycles. The fourth-order valence-corrected chi connectivity index (χ4v) is 3.50. The van der Waals surface area contributed by atoms with Crippen molar-refractivity contribution in [1.82, 2.24) is 0 Å². The predicted molar refractivity (Wildman–Crippen MR) is 129 cm³/mol. The Hall–Kier alpha value is -3.27. The summed E-state index contributed by atoms with van der Waals surface area (Å²) in [5.74, 6) is 0.257. The number of allylic oxidation sites excluding steroid dienone is 5.